The molecule has 1 saturated heterocycles. The standard InChI is InChI=1S/C15H24N2O/c1-12-5-3-6-13(2)15(12)17-9-8-16-11-14-7-4-10-18-14/h3,5-6,14,16-17H,4,7-11H2,1-2H3. The van der Waals surface area contributed by atoms with Crippen LogP contribution in [0.4, 0.5) is 5.69 Å². The Hall–Kier alpha value is -1.06. The predicted octanol–water partition coefficient (Wildman–Crippen LogP) is 2.48. The van der Waals surface area contributed by atoms with E-state index in [2.05, 4.69) is 42.7 Å². The van der Waals surface area contributed by atoms with Crippen molar-refractivity contribution in [2.45, 2.75) is 32.8 Å². The molecule has 0 spiro atoms. The summed E-state index contributed by atoms with van der Waals surface area (Å²) in [4.78, 5) is 0. The quantitative estimate of drug-likeness (QED) is 0.759. The SMILES string of the molecule is Cc1cccc(C)c1NCCNCC1CCCO1. The third kappa shape index (κ3) is 3.72. The van der Waals surface area contributed by atoms with Gasteiger partial charge < -0.3 is 15.4 Å². The maximum Gasteiger partial charge on any atom is 0.0700 e. The van der Waals surface area contributed by atoms with Crippen LogP contribution < -0.4 is 10.6 Å². The number of anilines is 1. The van der Waals surface area contributed by atoms with Crippen molar-refractivity contribution in [2.24, 2.45) is 0 Å². The van der Waals surface area contributed by atoms with E-state index in [0.29, 0.717) is 6.10 Å². The van der Waals surface area contributed by atoms with E-state index in [1.807, 2.05) is 0 Å². The van der Waals surface area contributed by atoms with Gasteiger partial charge in [-0.05, 0) is 37.8 Å². The molecule has 1 aliphatic heterocycles. The third-order valence-corrected chi connectivity index (χ3v) is 3.48. The van der Waals surface area contributed by atoms with Crippen LogP contribution in [-0.2, 0) is 4.74 Å². The number of aryl methyl sites for hydroxylation is 2. The lowest BCUT2D eigenvalue weighted by molar-refractivity contribution is 0.110. The van der Waals surface area contributed by atoms with Crippen LogP contribution >= 0.6 is 0 Å². The molecule has 1 aromatic rings. The summed E-state index contributed by atoms with van der Waals surface area (Å²) in [5, 5.41) is 6.95. The molecule has 0 aliphatic carbocycles. The molecule has 3 nitrogen and oxygen atoms in total. The second-order valence-corrected chi connectivity index (χ2v) is 5.03. The van der Waals surface area contributed by atoms with Gasteiger partial charge >= 0.3 is 0 Å². The molecule has 3 heteroatoms. The van der Waals surface area contributed by atoms with Gasteiger partial charge in [-0.1, -0.05) is 18.2 Å². The molecule has 0 aromatic heterocycles. The Kier molecular flexibility index (Phi) is 5.02. The van der Waals surface area contributed by atoms with Gasteiger partial charge in [0.2, 0.25) is 0 Å². The molecule has 2 N–H and O–H groups in total. The highest BCUT2D eigenvalue weighted by Gasteiger charge is 2.14. The number of ether oxygens (including phenoxy) is 1. The topological polar surface area (TPSA) is 33.3 Å². The normalized spacial score (nSPS) is 19.1. The molecule has 0 saturated carbocycles. The van der Waals surface area contributed by atoms with Crippen LogP contribution in [0, 0.1) is 13.8 Å². The maximum atomic E-state index is 5.57. The van der Waals surface area contributed by atoms with E-state index < -0.39 is 0 Å². The van der Waals surface area contributed by atoms with E-state index in [9.17, 15) is 0 Å². The fraction of sp³-hybridized carbons (Fsp3) is 0.600. The minimum absolute atomic E-state index is 0.435. The number of para-hydroxylation sites is 1. The van der Waals surface area contributed by atoms with Gasteiger partial charge in [0.25, 0.3) is 0 Å². The number of rotatable bonds is 6. The molecule has 1 atom stereocenters. The van der Waals surface area contributed by atoms with Crippen molar-refractivity contribution in [2.75, 3.05) is 31.6 Å². The van der Waals surface area contributed by atoms with E-state index in [4.69, 9.17) is 4.74 Å². The number of hydrogen-bond donors (Lipinski definition) is 2. The van der Waals surface area contributed by atoms with Crippen LogP contribution in [0.15, 0.2) is 18.2 Å². The van der Waals surface area contributed by atoms with Crippen LogP contribution in [0.2, 0.25) is 0 Å². The van der Waals surface area contributed by atoms with E-state index in [1.165, 1.54) is 29.7 Å². The highest BCUT2D eigenvalue weighted by Crippen LogP contribution is 2.18. The maximum absolute atomic E-state index is 5.57. The van der Waals surface area contributed by atoms with Crippen LogP contribution in [0.5, 0.6) is 0 Å². The van der Waals surface area contributed by atoms with Gasteiger partial charge in [0.15, 0.2) is 0 Å². The van der Waals surface area contributed by atoms with Crippen molar-refractivity contribution in [1.29, 1.82) is 0 Å². The summed E-state index contributed by atoms with van der Waals surface area (Å²) < 4.78 is 5.57. The van der Waals surface area contributed by atoms with Crippen molar-refractivity contribution < 1.29 is 4.74 Å². The van der Waals surface area contributed by atoms with Gasteiger partial charge in [0.1, 0.15) is 0 Å². The molecule has 1 fully saturated rings. The van der Waals surface area contributed by atoms with Crippen LogP contribution in [0.3, 0.4) is 0 Å². The Bertz CT molecular complexity index is 353. The monoisotopic (exact) mass is 248 g/mol. The summed E-state index contributed by atoms with van der Waals surface area (Å²) in [5.74, 6) is 0. The zero-order valence-electron chi connectivity index (χ0n) is 11.5. The van der Waals surface area contributed by atoms with E-state index in [0.717, 1.165) is 26.2 Å². The van der Waals surface area contributed by atoms with Gasteiger partial charge in [-0.25, -0.2) is 0 Å². The zero-order chi connectivity index (χ0) is 12.8. The average Bonchev–Trinajstić information content (AvgIpc) is 2.85. The summed E-state index contributed by atoms with van der Waals surface area (Å²) in [6.07, 6.45) is 2.86. The molecule has 1 heterocycles. The molecule has 0 bridgehead atoms. The summed E-state index contributed by atoms with van der Waals surface area (Å²) in [6, 6.07) is 6.40. The first kappa shape index (κ1) is 13.4. The second kappa shape index (κ2) is 6.76. The largest absolute Gasteiger partial charge is 0.383 e. The fourth-order valence-electron chi connectivity index (χ4n) is 2.44. The van der Waals surface area contributed by atoms with Crippen molar-refractivity contribution in [1.82, 2.24) is 5.32 Å². The molecule has 0 amide bonds. The Morgan fingerprint density at radius 2 is 2.00 bits per heavy atom. The summed E-state index contributed by atoms with van der Waals surface area (Å²) >= 11 is 0. The van der Waals surface area contributed by atoms with Crippen molar-refractivity contribution in [3.05, 3.63) is 29.3 Å². The van der Waals surface area contributed by atoms with Crippen molar-refractivity contribution in [3.63, 3.8) is 0 Å². The Balaban J connectivity index is 1.65. The molecule has 1 aliphatic rings. The van der Waals surface area contributed by atoms with Crippen molar-refractivity contribution >= 4 is 5.69 Å². The molecule has 1 aromatic carbocycles. The fourth-order valence-corrected chi connectivity index (χ4v) is 2.44. The van der Waals surface area contributed by atoms with Gasteiger partial charge in [-0.2, -0.15) is 0 Å². The van der Waals surface area contributed by atoms with Gasteiger partial charge in [0, 0.05) is 31.9 Å². The minimum atomic E-state index is 0.435. The van der Waals surface area contributed by atoms with E-state index in [-0.39, 0.29) is 0 Å². The first-order chi connectivity index (χ1) is 8.77. The summed E-state index contributed by atoms with van der Waals surface area (Å²) in [6.45, 7) is 8.15. The van der Waals surface area contributed by atoms with Gasteiger partial charge in [-0.3, -0.25) is 0 Å². The zero-order valence-corrected chi connectivity index (χ0v) is 11.5. The average molecular weight is 248 g/mol. The molecule has 18 heavy (non-hydrogen) atoms. The molecular formula is C15H24N2O. The van der Waals surface area contributed by atoms with E-state index in [1.54, 1.807) is 0 Å². The first-order valence-electron chi connectivity index (χ1n) is 6.90. The minimum Gasteiger partial charge on any atom is -0.383 e. The third-order valence-electron chi connectivity index (χ3n) is 3.48. The lowest BCUT2D eigenvalue weighted by atomic mass is 10.1. The van der Waals surface area contributed by atoms with Crippen LogP contribution in [0.1, 0.15) is 24.0 Å². The molecule has 100 valence electrons. The Labute approximate surface area is 110 Å². The summed E-state index contributed by atoms with van der Waals surface area (Å²) in [5.41, 5.74) is 3.90. The number of nitrogens with one attached hydrogen (secondary N) is 2. The lowest BCUT2D eigenvalue weighted by Crippen LogP contribution is -2.30. The first-order valence-corrected chi connectivity index (χ1v) is 6.90. The molecule has 1 unspecified atom stereocenters. The lowest BCUT2D eigenvalue weighted by Gasteiger charge is -2.14. The molecule has 0 radical (unpaired) electrons. The number of hydrogen-bond acceptors (Lipinski definition) is 3. The van der Waals surface area contributed by atoms with Gasteiger partial charge in [0.05, 0.1) is 6.10 Å². The Morgan fingerprint density at radius 1 is 1.22 bits per heavy atom. The second-order valence-electron chi connectivity index (χ2n) is 5.03. The number of benzene rings is 1. The highest BCUT2D eigenvalue weighted by atomic mass is 16.5. The Morgan fingerprint density at radius 3 is 2.67 bits per heavy atom. The van der Waals surface area contributed by atoms with Crippen LogP contribution in [-0.4, -0.2) is 32.3 Å². The smallest absolute Gasteiger partial charge is 0.0700 e. The molecule has 2 rings (SSSR count). The predicted molar refractivity (Wildman–Crippen MR) is 76.2 cm³/mol. The van der Waals surface area contributed by atoms with Gasteiger partial charge in [-0.15, -0.1) is 0 Å². The molecular weight excluding hydrogens is 224 g/mol. The highest BCUT2D eigenvalue weighted by molar-refractivity contribution is 5.56. The summed E-state index contributed by atoms with van der Waals surface area (Å²) in [7, 11) is 0. The van der Waals surface area contributed by atoms with Crippen molar-refractivity contribution in [3.8, 4) is 0 Å². The van der Waals surface area contributed by atoms with Crippen LogP contribution in [0.25, 0.3) is 0 Å². The van der Waals surface area contributed by atoms with E-state index >= 15 is 0 Å².